The minimum absolute atomic E-state index is 0.0147. The van der Waals surface area contributed by atoms with Gasteiger partial charge < -0.3 is 15.2 Å². The number of sulfonamides is 1. The number of hydrogen-bond donors (Lipinski definition) is 2. The third kappa shape index (κ3) is 4.45. The summed E-state index contributed by atoms with van der Waals surface area (Å²) < 4.78 is 29.0. The van der Waals surface area contributed by atoms with Crippen molar-refractivity contribution >= 4 is 15.9 Å². The highest BCUT2D eigenvalue weighted by atomic mass is 32.2. The van der Waals surface area contributed by atoms with Gasteiger partial charge in [0.25, 0.3) is 5.91 Å². The lowest BCUT2D eigenvalue weighted by atomic mass is 10.2. The maximum absolute atomic E-state index is 12.4. The fourth-order valence-electron chi connectivity index (χ4n) is 2.82. The van der Waals surface area contributed by atoms with Gasteiger partial charge in [0.1, 0.15) is 12.7 Å². The lowest BCUT2D eigenvalue weighted by Crippen LogP contribution is -2.32. The van der Waals surface area contributed by atoms with E-state index < -0.39 is 10.0 Å². The maximum atomic E-state index is 12.4. The van der Waals surface area contributed by atoms with E-state index in [1.54, 1.807) is 22.1 Å². The number of carbonyl (C=O) groups excluding carboxylic acids is 1. The van der Waals surface area contributed by atoms with Gasteiger partial charge in [0, 0.05) is 37.8 Å². The van der Waals surface area contributed by atoms with Crippen molar-refractivity contribution in [2.24, 2.45) is 5.73 Å². The zero-order chi connectivity index (χ0) is 18.6. The molecule has 0 unspecified atom stereocenters. The fraction of sp³-hybridized carbons (Fsp3) is 0.438. The second kappa shape index (κ2) is 7.94. The molecule has 0 saturated carbocycles. The molecular formula is C16H22N6O3S. The molecule has 2 heterocycles. The van der Waals surface area contributed by atoms with Crippen LogP contribution in [0.3, 0.4) is 0 Å². The molecule has 1 atom stereocenters. The summed E-state index contributed by atoms with van der Waals surface area (Å²) in [5.74, 6) is -0.121. The number of benzene rings is 1. The van der Waals surface area contributed by atoms with Crippen LogP contribution in [0.15, 0.2) is 41.8 Å². The predicted octanol–water partition coefficient (Wildman–Crippen LogP) is -0.180. The fourth-order valence-corrected chi connectivity index (χ4v) is 3.89. The van der Waals surface area contributed by atoms with Crippen molar-refractivity contribution < 1.29 is 13.2 Å². The molecule has 2 aromatic rings. The van der Waals surface area contributed by atoms with E-state index >= 15 is 0 Å². The molecule has 26 heavy (non-hydrogen) atoms. The number of aromatic nitrogens is 3. The first-order chi connectivity index (χ1) is 12.5. The molecule has 1 aliphatic heterocycles. The molecule has 1 aromatic heterocycles. The Labute approximate surface area is 152 Å². The molecule has 0 radical (unpaired) electrons. The van der Waals surface area contributed by atoms with E-state index in [1.165, 1.54) is 24.3 Å². The molecular weight excluding hydrogens is 356 g/mol. The second-order valence-electron chi connectivity index (χ2n) is 6.28. The van der Waals surface area contributed by atoms with Gasteiger partial charge >= 0.3 is 0 Å². The molecule has 1 aliphatic rings. The van der Waals surface area contributed by atoms with E-state index in [0.29, 0.717) is 38.2 Å². The zero-order valence-corrected chi connectivity index (χ0v) is 15.1. The van der Waals surface area contributed by atoms with Crippen molar-refractivity contribution in [2.45, 2.75) is 30.3 Å². The molecule has 9 nitrogen and oxygen atoms in total. The third-order valence-corrected chi connectivity index (χ3v) is 5.75. The molecule has 1 aromatic carbocycles. The Bertz CT molecular complexity index is 835. The predicted molar refractivity (Wildman–Crippen MR) is 94.8 cm³/mol. The van der Waals surface area contributed by atoms with Crippen LogP contribution in [-0.2, 0) is 16.6 Å². The van der Waals surface area contributed by atoms with Crippen LogP contribution in [0, 0.1) is 0 Å². The van der Waals surface area contributed by atoms with Crippen LogP contribution >= 0.6 is 0 Å². The highest BCUT2D eigenvalue weighted by Crippen LogP contribution is 2.15. The smallest absolute Gasteiger partial charge is 0.253 e. The quantitative estimate of drug-likeness (QED) is 0.644. The van der Waals surface area contributed by atoms with E-state index in [1.807, 2.05) is 0 Å². The molecule has 3 rings (SSSR count). The zero-order valence-electron chi connectivity index (χ0n) is 14.3. The number of nitrogens with two attached hydrogens (primary N) is 1. The van der Waals surface area contributed by atoms with Gasteiger partial charge in [-0.2, -0.15) is 0 Å². The molecule has 0 aliphatic carbocycles. The average Bonchev–Trinajstić information content (AvgIpc) is 3.30. The molecule has 1 amide bonds. The van der Waals surface area contributed by atoms with E-state index in [9.17, 15) is 13.2 Å². The van der Waals surface area contributed by atoms with E-state index in [4.69, 9.17) is 5.73 Å². The maximum Gasteiger partial charge on any atom is 0.253 e. The van der Waals surface area contributed by atoms with Crippen LogP contribution in [0.4, 0.5) is 0 Å². The van der Waals surface area contributed by atoms with E-state index in [-0.39, 0.29) is 16.8 Å². The van der Waals surface area contributed by atoms with Crippen LogP contribution < -0.4 is 10.5 Å². The normalized spacial score (nSPS) is 17.6. The van der Waals surface area contributed by atoms with Crippen molar-refractivity contribution in [1.29, 1.82) is 0 Å². The van der Waals surface area contributed by atoms with Crippen molar-refractivity contribution in [2.75, 3.05) is 19.6 Å². The van der Waals surface area contributed by atoms with Gasteiger partial charge in [0.05, 0.1) is 4.90 Å². The summed E-state index contributed by atoms with van der Waals surface area (Å²) >= 11 is 0. The molecule has 1 fully saturated rings. The first kappa shape index (κ1) is 18.5. The number of amides is 1. The molecule has 1 saturated heterocycles. The van der Waals surface area contributed by atoms with Gasteiger partial charge in [0.15, 0.2) is 0 Å². The van der Waals surface area contributed by atoms with Crippen LogP contribution in [0.5, 0.6) is 0 Å². The van der Waals surface area contributed by atoms with E-state index in [0.717, 1.165) is 6.42 Å². The Morgan fingerprint density at radius 2 is 1.92 bits per heavy atom. The van der Waals surface area contributed by atoms with Gasteiger partial charge in [-0.25, -0.2) is 13.1 Å². The van der Waals surface area contributed by atoms with Gasteiger partial charge in [-0.05, 0) is 37.1 Å². The Morgan fingerprint density at radius 3 is 2.54 bits per heavy atom. The summed E-state index contributed by atoms with van der Waals surface area (Å²) in [7, 11) is -3.61. The number of carbonyl (C=O) groups is 1. The van der Waals surface area contributed by atoms with Gasteiger partial charge in [-0.15, -0.1) is 10.2 Å². The topological polar surface area (TPSA) is 123 Å². The molecule has 0 spiro atoms. The van der Waals surface area contributed by atoms with Crippen LogP contribution in [0.2, 0.25) is 0 Å². The summed E-state index contributed by atoms with van der Waals surface area (Å²) in [4.78, 5) is 14.2. The minimum Gasteiger partial charge on any atom is -0.337 e. The van der Waals surface area contributed by atoms with E-state index in [2.05, 4.69) is 14.9 Å². The number of nitrogens with one attached hydrogen (secondary N) is 1. The molecule has 10 heteroatoms. The highest BCUT2D eigenvalue weighted by Gasteiger charge is 2.24. The number of rotatable bonds is 7. The number of likely N-dealkylation sites (tertiary alicyclic amines) is 1. The summed E-state index contributed by atoms with van der Waals surface area (Å²) in [6.07, 6.45) is 4.56. The SMILES string of the molecule is N[C@H]1CCN(C(=O)c2ccc(S(=O)(=O)NCCCn3cnnc3)cc2)C1. The second-order valence-corrected chi connectivity index (χ2v) is 8.04. The monoisotopic (exact) mass is 378 g/mol. The van der Waals surface area contributed by atoms with Gasteiger partial charge in [-0.3, -0.25) is 4.79 Å². The first-order valence-electron chi connectivity index (χ1n) is 8.43. The minimum atomic E-state index is -3.61. The number of hydrogen-bond acceptors (Lipinski definition) is 6. The molecule has 3 N–H and O–H groups in total. The summed E-state index contributed by atoms with van der Waals surface area (Å²) in [5, 5.41) is 7.38. The Kier molecular flexibility index (Phi) is 5.64. The average molecular weight is 378 g/mol. The van der Waals surface area contributed by atoms with Gasteiger partial charge in [-0.1, -0.05) is 0 Å². The number of nitrogens with zero attached hydrogens (tertiary/aromatic N) is 4. The Hall–Kier alpha value is -2.30. The van der Waals surface area contributed by atoms with Crippen LogP contribution in [-0.4, -0.2) is 59.7 Å². The first-order valence-corrected chi connectivity index (χ1v) is 9.91. The van der Waals surface area contributed by atoms with Crippen LogP contribution in [0.25, 0.3) is 0 Å². The van der Waals surface area contributed by atoms with Crippen molar-refractivity contribution in [3.63, 3.8) is 0 Å². The summed E-state index contributed by atoms with van der Waals surface area (Å²) in [6, 6.07) is 5.99. The van der Waals surface area contributed by atoms with Gasteiger partial charge in [0.2, 0.25) is 10.0 Å². The van der Waals surface area contributed by atoms with Crippen molar-refractivity contribution in [3.8, 4) is 0 Å². The highest BCUT2D eigenvalue weighted by molar-refractivity contribution is 7.89. The largest absolute Gasteiger partial charge is 0.337 e. The lowest BCUT2D eigenvalue weighted by molar-refractivity contribution is 0.0791. The lowest BCUT2D eigenvalue weighted by Gasteiger charge is -2.16. The van der Waals surface area contributed by atoms with Crippen LogP contribution in [0.1, 0.15) is 23.2 Å². The number of aryl methyl sites for hydroxylation is 1. The van der Waals surface area contributed by atoms with Crippen molar-refractivity contribution in [3.05, 3.63) is 42.5 Å². The summed E-state index contributed by atoms with van der Waals surface area (Å²) in [6.45, 7) is 2.09. The standard InChI is InChI=1S/C16H22N6O3S/c17-14-6-9-22(10-14)16(23)13-2-4-15(5-3-13)26(24,25)20-7-1-8-21-11-18-19-12-21/h2-5,11-12,14,20H,1,6-10,17H2/t14-/m0/s1. The molecule has 0 bridgehead atoms. The van der Waals surface area contributed by atoms with Crippen molar-refractivity contribution in [1.82, 2.24) is 24.4 Å². The Balaban J connectivity index is 1.55. The Morgan fingerprint density at radius 1 is 1.23 bits per heavy atom. The molecule has 140 valence electrons. The third-order valence-electron chi connectivity index (χ3n) is 4.28. The summed E-state index contributed by atoms with van der Waals surface area (Å²) in [5.41, 5.74) is 6.28.